The maximum absolute atomic E-state index is 12.5. The number of rotatable bonds is 5. The molecule has 2 aromatic rings. The summed E-state index contributed by atoms with van der Waals surface area (Å²) in [6, 6.07) is 19.6. The third kappa shape index (κ3) is 3.79. The van der Waals surface area contributed by atoms with Gasteiger partial charge < -0.3 is 0 Å². The van der Waals surface area contributed by atoms with E-state index in [-0.39, 0.29) is 12.2 Å². The van der Waals surface area contributed by atoms with Crippen LogP contribution in [0.25, 0.3) is 0 Å². The Labute approximate surface area is 148 Å². The number of alkyl halides is 1. The fourth-order valence-corrected chi connectivity index (χ4v) is 3.01. The molecule has 0 spiro atoms. The largest absolute Gasteiger partial charge is 0.294 e. The number of carbonyl (C=O) groups is 1. The predicted octanol–water partition coefficient (Wildman–Crippen LogP) is 4.88. The van der Waals surface area contributed by atoms with E-state index in [0.29, 0.717) is 16.1 Å². The molecular weight excluding hydrogens is 376 g/mol. The van der Waals surface area contributed by atoms with Crippen LogP contribution in [0.5, 0.6) is 0 Å². The van der Waals surface area contributed by atoms with Crippen LogP contribution in [-0.4, -0.2) is 10.1 Å². The number of ketones is 1. The minimum Gasteiger partial charge on any atom is -0.294 e. The molecule has 0 aliphatic rings. The molecule has 3 nitrogen and oxygen atoms in total. The van der Waals surface area contributed by atoms with Gasteiger partial charge in [0.2, 0.25) is 4.32 Å². The summed E-state index contributed by atoms with van der Waals surface area (Å²) in [4.78, 5) is 12.5. The van der Waals surface area contributed by atoms with Crippen molar-refractivity contribution in [1.29, 1.82) is 10.5 Å². The Morgan fingerprint density at radius 2 is 1.65 bits per heavy atom. The van der Waals surface area contributed by atoms with Gasteiger partial charge in [0.1, 0.15) is 0 Å². The zero-order valence-electron chi connectivity index (χ0n) is 12.0. The number of benzene rings is 2. The third-order valence-corrected chi connectivity index (χ3v) is 4.82. The topological polar surface area (TPSA) is 64.7 Å². The number of nitrogens with zero attached hydrogens (tertiary/aromatic N) is 2. The lowest BCUT2D eigenvalue weighted by molar-refractivity contribution is 0.0972. The fourth-order valence-electron chi connectivity index (χ4n) is 2.33. The van der Waals surface area contributed by atoms with Crippen LogP contribution in [0.2, 0.25) is 5.02 Å². The van der Waals surface area contributed by atoms with Gasteiger partial charge in [-0.05, 0) is 11.6 Å². The van der Waals surface area contributed by atoms with E-state index < -0.39 is 10.2 Å². The lowest BCUT2D eigenvalue weighted by Crippen LogP contribution is -2.28. The lowest BCUT2D eigenvalue weighted by Gasteiger charge is -2.25. The Morgan fingerprint density at radius 3 is 2.22 bits per heavy atom. The molecule has 0 saturated carbocycles. The number of hydrogen-bond donors (Lipinski definition) is 0. The monoisotopic (exact) mass is 386 g/mol. The molecule has 0 aliphatic heterocycles. The molecule has 5 heteroatoms. The third-order valence-electron chi connectivity index (χ3n) is 3.57. The smallest absolute Gasteiger partial charge is 0.204 e. The molecule has 0 heterocycles. The van der Waals surface area contributed by atoms with E-state index >= 15 is 0 Å². The first-order valence-electron chi connectivity index (χ1n) is 6.86. The summed E-state index contributed by atoms with van der Waals surface area (Å²) in [5.74, 6) is -0.830. The van der Waals surface area contributed by atoms with Crippen LogP contribution in [0.4, 0.5) is 0 Å². The van der Waals surface area contributed by atoms with Crippen LogP contribution < -0.4 is 0 Å². The number of halogens is 2. The Balaban J connectivity index is 2.44. The molecule has 2 rings (SSSR count). The van der Waals surface area contributed by atoms with Crippen LogP contribution >= 0.6 is 27.5 Å². The van der Waals surface area contributed by atoms with E-state index in [9.17, 15) is 15.3 Å². The van der Waals surface area contributed by atoms with Crippen molar-refractivity contribution in [2.24, 2.45) is 0 Å². The summed E-state index contributed by atoms with van der Waals surface area (Å²) in [6.07, 6.45) is 0.000116. The van der Waals surface area contributed by atoms with Gasteiger partial charge >= 0.3 is 0 Å². The number of nitriles is 2. The van der Waals surface area contributed by atoms with Gasteiger partial charge in [-0.2, -0.15) is 10.5 Å². The molecule has 0 radical (unpaired) electrons. The predicted molar refractivity (Wildman–Crippen MR) is 92.5 cm³/mol. The van der Waals surface area contributed by atoms with Crippen LogP contribution in [0.15, 0.2) is 54.6 Å². The number of hydrogen-bond acceptors (Lipinski definition) is 3. The summed E-state index contributed by atoms with van der Waals surface area (Å²) in [6.45, 7) is 0. The second-order valence-electron chi connectivity index (χ2n) is 5.00. The summed E-state index contributed by atoms with van der Waals surface area (Å²) >= 11 is 9.41. The van der Waals surface area contributed by atoms with Gasteiger partial charge in [-0.15, -0.1) is 0 Å². The van der Waals surface area contributed by atoms with Crippen molar-refractivity contribution >= 4 is 33.3 Å². The highest BCUT2D eigenvalue weighted by Crippen LogP contribution is 2.41. The van der Waals surface area contributed by atoms with Crippen LogP contribution in [-0.2, 0) is 0 Å². The van der Waals surface area contributed by atoms with E-state index in [4.69, 9.17) is 11.6 Å². The van der Waals surface area contributed by atoms with Crippen molar-refractivity contribution in [3.05, 3.63) is 70.7 Å². The highest BCUT2D eigenvalue weighted by Gasteiger charge is 2.40. The minimum atomic E-state index is -1.53. The number of Topliss-reactive ketones (excluding diaryl/α,β-unsaturated/α-hetero) is 1. The zero-order chi connectivity index (χ0) is 16.9. The Hall–Kier alpha value is -2.14. The maximum atomic E-state index is 12.5. The van der Waals surface area contributed by atoms with Gasteiger partial charge in [0.05, 0.1) is 12.1 Å². The number of carbonyl (C=O) groups excluding carboxylic acids is 1. The van der Waals surface area contributed by atoms with Gasteiger partial charge in [-0.3, -0.25) is 4.79 Å². The van der Waals surface area contributed by atoms with Gasteiger partial charge in [-0.25, -0.2) is 0 Å². The summed E-state index contributed by atoms with van der Waals surface area (Å²) in [5, 5.41) is 19.3. The fraction of sp³-hybridized carbons (Fsp3) is 0.167. The molecule has 0 fully saturated rings. The van der Waals surface area contributed by atoms with Gasteiger partial charge in [-0.1, -0.05) is 76.1 Å². The second-order valence-corrected chi connectivity index (χ2v) is 6.66. The van der Waals surface area contributed by atoms with Gasteiger partial charge in [0.15, 0.2) is 5.78 Å². The lowest BCUT2D eigenvalue weighted by atomic mass is 9.82. The van der Waals surface area contributed by atoms with Gasteiger partial charge in [0, 0.05) is 22.9 Å². The minimum absolute atomic E-state index is 0.000116. The first kappa shape index (κ1) is 17.2. The van der Waals surface area contributed by atoms with Crippen LogP contribution in [0.3, 0.4) is 0 Å². The van der Waals surface area contributed by atoms with Crippen molar-refractivity contribution in [2.45, 2.75) is 16.7 Å². The van der Waals surface area contributed by atoms with Crippen molar-refractivity contribution < 1.29 is 4.79 Å². The Morgan fingerprint density at radius 1 is 1.09 bits per heavy atom. The molecule has 0 amide bonds. The zero-order valence-corrected chi connectivity index (χ0v) is 14.4. The first-order valence-corrected chi connectivity index (χ1v) is 8.03. The van der Waals surface area contributed by atoms with Crippen molar-refractivity contribution in [2.75, 3.05) is 0 Å². The summed E-state index contributed by atoms with van der Waals surface area (Å²) < 4.78 is -1.53. The van der Waals surface area contributed by atoms with E-state index in [1.165, 1.54) is 0 Å². The van der Waals surface area contributed by atoms with E-state index in [2.05, 4.69) is 15.9 Å². The maximum Gasteiger partial charge on any atom is 0.204 e. The van der Waals surface area contributed by atoms with Gasteiger partial charge in [0.25, 0.3) is 0 Å². The SMILES string of the molecule is N#CC(Br)(C#N)C(CC(=O)c1ccccc1)c1ccccc1Cl. The molecular formula is C18H12BrClN2O. The van der Waals surface area contributed by atoms with E-state index in [1.54, 1.807) is 48.5 Å². The molecule has 0 saturated heterocycles. The molecule has 0 aliphatic carbocycles. The normalized spacial score (nSPS) is 12.0. The average molecular weight is 388 g/mol. The van der Waals surface area contributed by atoms with Crippen LogP contribution in [0, 0.1) is 22.7 Å². The van der Waals surface area contributed by atoms with Crippen LogP contribution in [0.1, 0.15) is 28.3 Å². The van der Waals surface area contributed by atoms with E-state index in [1.807, 2.05) is 18.2 Å². The Bertz CT molecular complexity index is 779. The molecule has 0 bridgehead atoms. The highest BCUT2D eigenvalue weighted by atomic mass is 79.9. The molecule has 2 aromatic carbocycles. The summed E-state index contributed by atoms with van der Waals surface area (Å²) in [7, 11) is 0. The molecule has 0 N–H and O–H groups in total. The highest BCUT2D eigenvalue weighted by molar-refractivity contribution is 9.10. The molecule has 1 atom stereocenters. The van der Waals surface area contributed by atoms with Crippen molar-refractivity contribution in [3.63, 3.8) is 0 Å². The molecule has 0 aromatic heterocycles. The first-order chi connectivity index (χ1) is 11.0. The summed E-state index contributed by atoms with van der Waals surface area (Å²) in [5.41, 5.74) is 1.13. The molecule has 1 unspecified atom stereocenters. The van der Waals surface area contributed by atoms with Crippen molar-refractivity contribution in [3.8, 4) is 12.1 Å². The molecule has 114 valence electrons. The van der Waals surface area contributed by atoms with E-state index in [0.717, 1.165) is 0 Å². The second kappa shape index (κ2) is 7.42. The average Bonchev–Trinajstić information content (AvgIpc) is 2.60. The Kier molecular flexibility index (Phi) is 5.55. The quantitative estimate of drug-likeness (QED) is 0.542. The standard InChI is InChI=1S/C18H12BrClN2O/c19-18(11-21,12-22)15(14-8-4-5-9-16(14)20)10-17(23)13-6-2-1-3-7-13/h1-9,15H,10H2. The van der Waals surface area contributed by atoms with Crippen molar-refractivity contribution in [1.82, 2.24) is 0 Å². The molecule has 23 heavy (non-hydrogen) atoms.